The van der Waals surface area contributed by atoms with Gasteiger partial charge in [0.1, 0.15) is 0 Å². The molecule has 1 N–H and O–H groups in total. The Hall–Kier alpha value is -1.88. The van der Waals surface area contributed by atoms with E-state index >= 15 is 0 Å². The van der Waals surface area contributed by atoms with E-state index in [-0.39, 0.29) is 6.04 Å². The normalized spacial score (nSPS) is 12.3. The van der Waals surface area contributed by atoms with Crippen LogP contribution in [0, 0.1) is 6.92 Å². The summed E-state index contributed by atoms with van der Waals surface area (Å²) in [6.45, 7) is 5.60. The minimum Gasteiger partial charge on any atom is -0.383 e. The summed E-state index contributed by atoms with van der Waals surface area (Å²) < 4.78 is 7.33. The van der Waals surface area contributed by atoms with E-state index in [9.17, 15) is 0 Å². The van der Waals surface area contributed by atoms with Gasteiger partial charge in [-0.3, -0.25) is 4.98 Å². The van der Waals surface area contributed by atoms with Gasteiger partial charge in [-0.1, -0.05) is 6.07 Å². The van der Waals surface area contributed by atoms with Crippen molar-refractivity contribution in [3.8, 4) is 0 Å². The number of nitrogens with one attached hydrogen (secondary N) is 1. The van der Waals surface area contributed by atoms with Crippen LogP contribution in [0.5, 0.6) is 0 Å². The van der Waals surface area contributed by atoms with Crippen LogP contribution in [-0.2, 0) is 11.2 Å². The maximum atomic E-state index is 5.21. The van der Waals surface area contributed by atoms with Crippen LogP contribution in [0.15, 0.2) is 30.6 Å². The highest BCUT2D eigenvalue weighted by Gasteiger charge is 2.11. The fourth-order valence-electron chi connectivity index (χ4n) is 2.15. The molecule has 0 bridgehead atoms. The van der Waals surface area contributed by atoms with Crippen LogP contribution in [0.1, 0.15) is 24.4 Å². The molecule has 0 aliphatic rings. The van der Waals surface area contributed by atoms with Gasteiger partial charge in [0.15, 0.2) is 0 Å². The quantitative estimate of drug-likeness (QED) is 0.842. The van der Waals surface area contributed by atoms with Crippen molar-refractivity contribution in [1.82, 2.24) is 14.5 Å². The summed E-state index contributed by atoms with van der Waals surface area (Å²) in [6.07, 6.45) is 4.75. The molecule has 5 nitrogen and oxygen atoms in total. The standard InChI is InChI=1S/C15H22N4O/c1-12-10-19(13(2)11-20-3)15(18-12)17-9-7-14-6-4-5-8-16-14/h4-6,8,10,13H,7,9,11H2,1-3H3,(H,17,18). The maximum Gasteiger partial charge on any atom is 0.203 e. The lowest BCUT2D eigenvalue weighted by Gasteiger charge is -2.16. The van der Waals surface area contributed by atoms with Gasteiger partial charge < -0.3 is 14.6 Å². The Kier molecular flexibility index (Phi) is 5.12. The number of anilines is 1. The van der Waals surface area contributed by atoms with Gasteiger partial charge in [0.25, 0.3) is 0 Å². The van der Waals surface area contributed by atoms with Gasteiger partial charge in [-0.15, -0.1) is 0 Å². The molecule has 2 aromatic heterocycles. The number of aryl methyl sites for hydroxylation is 1. The molecule has 1 atom stereocenters. The Morgan fingerprint density at radius 3 is 2.95 bits per heavy atom. The molecule has 0 fully saturated rings. The molecule has 0 aliphatic heterocycles. The molecular formula is C15H22N4O. The largest absolute Gasteiger partial charge is 0.383 e. The first kappa shape index (κ1) is 14.5. The SMILES string of the molecule is COCC(C)n1cc(C)nc1NCCc1ccccn1. The van der Waals surface area contributed by atoms with E-state index in [1.165, 1.54) is 0 Å². The molecule has 0 aliphatic carbocycles. The molecule has 0 spiro atoms. The number of nitrogens with zero attached hydrogens (tertiary/aromatic N) is 3. The lowest BCUT2D eigenvalue weighted by atomic mass is 10.3. The first-order valence-corrected chi connectivity index (χ1v) is 6.89. The monoisotopic (exact) mass is 274 g/mol. The van der Waals surface area contributed by atoms with Gasteiger partial charge in [0, 0.05) is 38.2 Å². The molecule has 5 heteroatoms. The average molecular weight is 274 g/mol. The van der Waals surface area contributed by atoms with E-state index in [1.807, 2.05) is 37.5 Å². The summed E-state index contributed by atoms with van der Waals surface area (Å²) in [6, 6.07) is 6.24. The number of ether oxygens (including phenoxy) is 1. The number of imidazole rings is 1. The van der Waals surface area contributed by atoms with Gasteiger partial charge in [0.2, 0.25) is 5.95 Å². The number of hydrogen-bond donors (Lipinski definition) is 1. The highest BCUT2D eigenvalue weighted by molar-refractivity contribution is 5.29. The number of hydrogen-bond acceptors (Lipinski definition) is 4. The van der Waals surface area contributed by atoms with Crippen molar-refractivity contribution in [3.05, 3.63) is 42.0 Å². The fraction of sp³-hybridized carbons (Fsp3) is 0.467. The number of aromatic nitrogens is 3. The van der Waals surface area contributed by atoms with E-state index in [2.05, 4.69) is 26.8 Å². The maximum absolute atomic E-state index is 5.21. The zero-order valence-corrected chi connectivity index (χ0v) is 12.3. The Morgan fingerprint density at radius 1 is 1.40 bits per heavy atom. The van der Waals surface area contributed by atoms with E-state index in [1.54, 1.807) is 7.11 Å². The summed E-state index contributed by atoms with van der Waals surface area (Å²) in [7, 11) is 1.72. The van der Waals surface area contributed by atoms with Crippen LogP contribution in [0.3, 0.4) is 0 Å². The fourth-order valence-corrected chi connectivity index (χ4v) is 2.15. The topological polar surface area (TPSA) is 52.0 Å². The van der Waals surface area contributed by atoms with Gasteiger partial charge >= 0.3 is 0 Å². The molecule has 0 saturated heterocycles. The first-order chi connectivity index (χ1) is 9.70. The first-order valence-electron chi connectivity index (χ1n) is 6.89. The van der Waals surface area contributed by atoms with Gasteiger partial charge in [-0.2, -0.15) is 0 Å². The Labute approximate surface area is 120 Å². The summed E-state index contributed by atoms with van der Waals surface area (Å²) in [4.78, 5) is 8.84. The van der Waals surface area contributed by atoms with Crippen LogP contribution in [0.2, 0.25) is 0 Å². The van der Waals surface area contributed by atoms with Crippen molar-refractivity contribution in [3.63, 3.8) is 0 Å². The molecule has 2 rings (SSSR count). The molecule has 1 unspecified atom stereocenters. The van der Waals surface area contributed by atoms with E-state index in [4.69, 9.17) is 4.74 Å². The number of rotatable bonds is 7. The smallest absolute Gasteiger partial charge is 0.203 e. The van der Waals surface area contributed by atoms with E-state index in [0.717, 1.165) is 30.3 Å². The van der Waals surface area contributed by atoms with Crippen molar-refractivity contribution < 1.29 is 4.74 Å². The van der Waals surface area contributed by atoms with Gasteiger partial charge in [-0.05, 0) is 26.0 Å². The summed E-state index contributed by atoms with van der Waals surface area (Å²) in [5.74, 6) is 0.892. The average Bonchev–Trinajstić information content (AvgIpc) is 2.81. The van der Waals surface area contributed by atoms with Crippen molar-refractivity contribution in [1.29, 1.82) is 0 Å². The highest BCUT2D eigenvalue weighted by atomic mass is 16.5. The summed E-state index contributed by atoms with van der Waals surface area (Å²) in [5, 5.41) is 3.38. The molecule has 0 aromatic carbocycles. The third-order valence-electron chi connectivity index (χ3n) is 3.13. The van der Waals surface area contributed by atoms with Crippen LogP contribution < -0.4 is 5.32 Å². The van der Waals surface area contributed by atoms with Crippen molar-refractivity contribution in [2.45, 2.75) is 26.3 Å². The summed E-state index contributed by atoms with van der Waals surface area (Å²) in [5.41, 5.74) is 2.09. The lowest BCUT2D eigenvalue weighted by molar-refractivity contribution is 0.163. The Balaban J connectivity index is 1.95. The molecule has 2 heterocycles. The third-order valence-corrected chi connectivity index (χ3v) is 3.13. The number of methoxy groups -OCH3 is 1. The Morgan fingerprint density at radius 2 is 2.25 bits per heavy atom. The minimum atomic E-state index is 0.263. The zero-order chi connectivity index (χ0) is 14.4. The van der Waals surface area contributed by atoms with Crippen LogP contribution in [0.4, 0.5) is 5.95 Å². The van der Waals surface area contributed by atoms with E-state index < -0.39 is 0 Å². The highest BCUT2D eigenvalue weighted by Crippen LogP contribution is 2.16. The van der Waals surface area contributed by atoms with Crippen LogP contribution >= 0.6 is 0 Å². The molecule has 0 saturated carbocycles. The van der Waals surface area contributed by atoms with E-state index in [0.29, 0.717) is 6.61 Å². The molecular weight excluding hydrogens is 252 g/mol. The molecule has 20 heavy (non-hydrogen) atoms. The molecule has 0 amide bonds. The molecule has 2 aromatic rings. The zero-order valence-electron chi connectivity index (χ0n) is 12.3. The predicted octanol–water partition coefficient (Wildman–Crippen LogP) is 2.45. The third kappa shape index (κ3) is 3.81. The Bertz CT molecular complexity index is 524. The second-order valence-electron chi connectivity index (χ2n) is 4.92. The lowest BCUT2D eigenvalue weighted by Crippen LogP contribution is -2.16. The van der Waals surface area contributed by atoms with Crippen LogP contribution in [-0.4, -0.2) is 34.8 Å². The van der Waals surface area contributed by atoms with Crippen LogP contribution in [0.25, 0.3) is 0 Å². The van der Waals surface area contributed by atoms with Gasteiger partial charge in [0.05, 0.1) is 18.3 Å². The second kappa shape index (κ2) is 7.05. The molecule has 0 radical (unpaired) electrons. The number of pyridine rings is 1. The van der Waals surface area contributed by atoms with Crippen molar-refractivity contribution in [2.75, 3.05) is 25.6 Å². The second-order valence-corrected chi connectivity index (χ2v) is 4.92. The van der Waals surface area contributed by atoms with Crippen molar-refractivity contribution >= 4 is 5.95 Å². The summed E-state index contributed by atoms with van der Waals surface area (Å²) >= 11 is 0. The van der Waals surface area contributed by atoms with Crippen molar-refractivity contribution in [2.24, 2.45) is 0 Å². The molecule has 108 valence electrons. The predicted molar refractivity (Wildman–Crippen MR) is 80.0 cm³/mol. The minimum absolute atomic E-state index is 0.263. The van der Waals surface area contributed by atoms with Gasteiger partial charge in [-0.25, -0.2) is 4.98 Å².